The van der Waals surface area contributed by atoms with Gasteiger partial charge in [-0.2, -0.15) is 11.8 Å². The van der Waals surface area contributed by atoms with Crippen LogP contribution < -0.4 is 14.8 Å². The minimum absolute atomic E-state index is 0.151. The first kappa shape index (κ1) is 20.1. The second-order valence-corrected chi connectivity index (χ2v) is 6.73. The van der Waals surface area contributed by atoms with Gasteiger partial charge in [0.1, 0.15) is 17.3 Å². The van der Waals surface area contributed by atoms with E-state index < -0.39 is 6.10 Å². The molecule has 0 heterocycles. The van der Waals surface area contributed by atoms with Crippen LogP contribution in [0.15, 0.2) is 48.5 Å². The van der Waals surface area contributed by atoms with Gasteiger partial charge >= 0.3 is 0 Å². The molecule has 0 saturated carbocycles. The quantitative estimate of drug-likeness (QED) is 0.635. The van der Waals surface area contributed by atoms with E-state index in [1.807, 2.05) is 25.1 Å². The van der Waals surface area contributed by atoms with Crippen molar-refractivity contribution >= 4 is 17.7 Å². The van der Waals surface area contributed by atoms with Gasteiger partial charge in [-0.15, -0.1) is 0 Å². The molecule has 2 aromatic rings. The van der Waals surface area contributed by atoms with Gasteiger partial charge in [0.2, 0.25) is 0 Å². The molecule has 6 heteroatoms. The fourth-order valence-electron chi connectivity index (χ4n) is 2.32. The van der Waals surface area contributed by atoms with Gasteiger partial charge in [0.05, 0.1) is 7.11 Å². The summed E-state index contributed by atoms with van der Waals surface area (Å²) in [6, 6.07) is 13.9. The molecule has 0 saturated heterocycles. The lowest BCUT2D eigenvalue weighted by atomic mass is 10.2. The summed E-state index contributed by atoms with van der Waals surface area (Å²) in [5, 5.41) is 2.87. The van der Waals surface area contributed by atoms with Gasteiger partial charge in [0.15, 0.2) is 6.10 Å². The Hall–Kier alpha value is -2.21. The van der Waals surface area contributed by atoms with Crippen LogP contribution in [0.3, 0.4) is 0 Å². The average Bonchev–Trinajstić information content (AvgIpc) is 2.67. The lowest BCUT2D eigenvalue weighted by molar-refractivity contribution is -0.127. The Bertz CT molecular complexity index is 711. The van der Waals surface area contributed by atoms with Crippen molar-refractivity contribution in [2.75, 3.05) is 19.4 Å². The number of rotatable bonds is 10. The monoisotopic (exact) mass is 377 g/mol. The van der Waals surface area contributed by atoms with Crippen molar-refractivity contribution in [2.24, 2.45) is 0 Å². The number of carbonyl (C=O) groups excluding carboxylic acids is 1. The first-order chi connectivity index (χ1) is 12.6. The molecule has 1 N–H and O–H groups in total. The maximum Gasteiger partial charge on any atom is 0.261 e. The van der Waals surface area contributed by atoms with Crippen LogP contribution in [-0.4, -0.2) is 31.4 Å². The van der Waals surface area contributed by atoms with Crippen molar-refractivity contribution in [2.45, 2.75) is 25.2 Å². The Morgan fingerprint density at radius 3 is 2.69 bits per heavy atom. The fourth-order valence-corrected chi connectivity index (χ4v) is 3.16. The summed E-state index contributed by atoms with van der Waals surface area (Å²) in [5.41, 5.74) is 0.677. The standard InChI is InChI=1S/C20H24FNO3S/c1-3-19(25-17-9-6-8-16(13-17)24-2)20(23)22-11-12-26-14-15-7-4-5-10-18(15)21/h4-10,13,19H,3,11-12,14H2,1-2H3,(H,22,23)/t19-/m1/s1. The third-order valence-electron chi connectivity index (χ3n) is 3.74. The summed E-state index contributed by atoms with van der Waals surface area (Å²) in [6.07, 6.45) is 0.00414. The van der Waals surface area contributed by atoms with Crippen LogP contribution >= 0.6 is 11.8 Å². The number of ether oxygens (including phenoxy) is 2. The molecule has 140 valence electrons. The number of hydrogen-bond donors (Lipinski definition) is 1. The van der Waals surface area contributed by atoms with Crippen molar-refractivity contribution in [3.63, 3.8) is 0 Å². The van der Waals surface area contributed by atoms with E-state index in [4.69, 9.17) is 9.47 Å². The molecule has 0 aromatic heterocycles. The van der Waals surface area contributed by atoms with Crippen molar-refractivity contribution in [3.05, 3.63) is 59.9 Å². The van der Waals surface area contributed by atoms with Crippen molar-refractivity contribution in [1.82, 2.24) is 5.32 Å². The van der Waals surface area contributed by atoms with Gasteiger partial charge in [-0.3, -0.25) is 4.79 Å². The van der Waals surface area contributed by atoms with E-state index in [1.54, 1.807) is 43.1 Å². The summed E-state index contributed by atoms with van der Waals surface area (Å²) < 4.78 is 24.4. The molecule has 2 aromatic carbocycles. The molecule has 0 aliphatic carbocycles. The summed E-state index contributed by atoms with van der Waals surface area (Å²) >= 11 is 1.58. The second kappa shape index (κ2) is 10.7. The lowest BCUT2D eigenvalue weighted by Gasteiger charge is -2.17. The summed E-state index contributed by atoms with van der Waals surface area (Å²) in [7, 11) is 1.59. The van der Waals surface area contributed by atoms with E-state index >= 15 is 0 Å². The highest BCUT2D eigenvalue weighted by Gasteiger charge is 2.18. The van der Waals surface area contributed by atoms with Crippen LogP contribution in [0.25, 0.3) is 0 Å². The van der Waals surface area contributed by atoms with Crippen molar-refractivity contribution in [1.29, 1.82) is 0 Å². The van der Waals surface area contributed by atoms with Crippen molar-refractivity contribution < 1.29 is 18.7 Å². The molecular weight excluding hydrogens is 353 g/mol. The number of methoxy groups -OCH3 is 1. The van der Waals surface area contributed by atoms with Crippen molar-refractivity contribution in [3.8, 4) is 11.5 Å². The molecule has 0 radical (unpaired) electrons. The third kappa shape index (κ3) is 6.26. The third-order valence-corrected chi connectivity index (χ3v) is 4.75. The molecule has 2 rings (SSSR count). The number of amides is 1. The number of thioether (sulfide) groups is 1. The number of hydrogen-bond acceptors (Lipinski definition) is 4. The summed E-state index contributed by atoms with van der Waals surface area (Å²) in [6.45, 7) is 2.41. The minimum atomic E-state index is -0.557. The molecule has 0 aliphatic rings. The highest BCUT2D eigenvalue weighted by molar-refractivity contribution is 7.98. The van der Waals surface area contributed by atoms with E-state index in [9.17, 15) is 9.18 Å². The fraction of sp³-hybridized carbons (Fsp3) is 0.350. The largest absolute Gasteiger partial charge is 0.497 e. The van der Waals surface area contributed by atoms with Gasteiger partial charge in [-0.25, -0.2) is 4.39 Å². The Morgan fingerprint density at radius 1 is 1.19 bits per heavy atom. The zero-order valence-electron chi connectivity index (χ0n) is 15.0. The van der Waals surface area contributed by atoms with Crippen LogP contribution in [0.4, 0.5) is 4.39 Å². The van der Waals surface area contributed by atoms with Crippen LogP contribution in [-0.2, 0) is 10.5 Å². The molecule has 1 amide bonds. The smallest absolute Gasteiger partial charge is 0.261 e. The molecule has 4 nitrogen and oxygen atoms in total. The Kier molecular flexibility index (Phi) is 8.28. The van der Waals surface area contributed by atoms with E-state index in [1.165, 1.54) is 6.07 Å². The SMILES string of the molecule is CC[C@@H](Oc1cccc(OC)c1)C(=O)NCCSCc1ccccc1F. The van der Waals surface area contributed by atoms with E-state index in [-0.39, 0.29) is 11.7 Å². The normalized spacial score (nSPS) is 11.7. The van der Waals surface area contributed by atoms with Gasteiger partial charge in [0.25, 0.3) is 5.91 Å². The number of nitrogens with one attached hydrogen (secondary N) is 1. The van der Waals surface area contributed by atoms with E-state index in [2.05, 4.69) is 5.32 Å². The van der Waals surface area contributed by atoms with Gasteiger partial charge < -0.3 is 14.8 Å². The highest BCUT2D eigenvalue weighted by Crippen LogP contribution is 2.20. The van der Waals surface area contributed by atoms with Crippen LogP contribution in [0.5, 0.6) is 11.5 Å². The first-order valence-corrected chi connectivity index (χ1v) is 9.69. The summed E-state index contributed by atoms with van der Waals surface area (Å²) in [4.78, 5) is 12.3. The van der Waals surface area contributed by atoms with Gasteiger partial charge in [0, 0.05) is 24.1 Å². The van der Waals surface area contributed by atoms with Crippen LogP contribution in [0.1, 0.15) is 18.9 Å². The zero-order chi connectivity index (χ0) is 18.8. The van der Waals surface area contributed by atoms with Gasteiger partial charge in [-0.05, 0) is 30.2 Å². The molecular formula is C20H24FNO3S. The lowest BCUT2D eigenvalue weighted by Crippen LogP contribution is -2.39. The number of benzene rings is 2. The predicted octanol–water partition coefficient (Wildman–Crippen LogP) is 4.04. The maximum atomic E-state index is 13.5. The molecule has 0 aliphatic heterocycles. The molecule has 0 bridgehead atoms. The molecule has 0 spiro atoms. The van der Waals surface area contributed by atoms with Gasteiger partial charge in [-0.1, -0.05) is 31.2 Å². The number of carbonyl (C=O) groups is 1. The molecule has 0 unspecified atom stereocenters. The Balaban J connectivity index is 1.73. The van der Waals surface area contributed by atoms with E-state index in [0.29, 0.717) is 41.5 Å². The minimum Gasteiger partial charge on any atom is -0.497 e. The maximum absolute atomic E-state index is 13.5. The number of halogens is 1. The zero-order valence-corrected chi connectivity index (χ0v) is 15.9. The Labute approximate surface area is 158 Å². The topological polar surface area (TPSA) is 47.6 Å². The first-order valence-electron chi connectivity index (χ1n) is 8.53. The van der Waals surface area contributed by atoms with Crippen LogP contribution in [0.2, 0.25) is 0 Å². The van der Waals surface area contributed by atoms with Crippen LogP contribution in [0, 0.1) is 5.82 Å². The highest BCUT2D eigenvalue weighted by atomic mass is 32.2. The summed E-state index contributed by atoms with van der Waals surface area (Å²) in [5.74, 6) is 2.22. The predicted molar refractivity (Wildman–Crippen MR) is 103 cm³/mol. The Morgan fingerprint density at radius 2 is 1.96 bits per heavy atom. The molecule has 1 atom stereocenters. The van der Waals surface area contributed by atoms with E-state index in [0.717, 1.165) is 0 Å². The second-order valence-electron chi connectivity index (χ2n) is 5.63. The molecule has 0 fully saturated rings. The molecule has 26 heavy (non-hydrogen) atoms. The average molecular weight is 377 g/mol.